The molecule has 1 aliphatic rings. The number of aliphatic hydroxyl groups excluding tert-OH is 2. The van der Waals surface area contributed by atoms with Crippen molar-refractivity contribution >= 4 is 0 Å². The van der Waals surface area contributed by atoms with Crippen LogP contribution in [0.5, 0.6) is 0 Å². The van der Waals surface area contributed by atoms with Gasteiger partial charge in [-0.1, -0.05) is 135 Å². The summed E-state index contributed by atoms with van der Waals surface area (Å²) in [5, 5.41) is 41.7. The average molecular weight is 631 g/mol. The summed E-state index contributed by atoms with van der Waals surface area (Å²) in [6, 6.07) is 39.9. The Morgan fingerprint density at radius 3 is 0.864 bits per heavy atom. The first-order chi connectivity index (χ1) is 20.3. The molecule has 0 amide bonds. The van der Waals surface area contributed by atoms with E-state index in [4.69, 9.17) is 10.2 Å². The Bertz CT molecular complexity index is 1150. The molecule has 4 nitrogen and oxygen atoms in total. The molecule has 4 aromatic rings. The van der Waals surface area contributed by atoms with E-state index in [1.807, 2.05) is 121 Å². The van der Waals surface area contributed by atoms with Crippen LogP contribution in [0.4, 0.5) is 0 Å². The number of rotatable bonds is 6. The van der Waals surface area contributed by atoms with Gasteiger partial charge in [-0.3, -0.25) is 0 Å². The van der Waals surface area contributed by atoms with E-state index in [9.17, 15) is 10.2 Å². The Morgan fingerprint density at radius 2 is 0.682 bits per heavy atom. The SMILES string of the molecule is CC(C)O.CC(C)O.CC1(C)C[C@@H](C(O)(c2ccccc2)c2ccccc2)[C@H](C(O)(c2ccccc2)c2ccccc2)C1.[Ti]. The van der Waals surface area contributed by atoms with Crippen molar-refractivity contribution in [2.75, 3.05) is 0 Å². The third-order valence-electron chi connectivity index (χ3n) is 7.96. The molecular weight excluding hydrogens is 580 g/mol. The van der Waals surface area contributed by atoms with Gasteiger partial charge in [0.25, 0.3) is 0 Å². The number of hydrogen-bond acceptors (Lipinski definition) is 4. The monoisotopic (exact) mass is 630 g/mol. The molecule has 0 radical (unpaired) electrons. The molecule has 1 aliphatic carbocycles. The smallest absolute Gasteiger partial charge is 0.118 e. The van der Waals surface area contributed by atoms with Crippen LogP contribution in [0, 0.1) is 17.3 Å². The van der Waals surface area contributed by atoms with Gasteiger partial charge in [-0.15, -0.1) is 0 Å². The maximum Gasteiger partial charge on any atom is 0.118 e. The van der Waals surface area contributed by atoms with Crippen LogP contribution < -0.4 is 0 Å². The molecule has 1 saturated carbocycles. The molecule has 4 N–H and O–H groups in total. The van der Waals surface area contributed by atoms with Crippen molar-refractivity contribution in [3.8, 4) is 0 Å². The molecule has 44 heavy (non-hydrogen) atoms. The fraction of sp³-hybridized carbons (Fsp3) is 0.385. The van der Waals surface area contributed by atoms with Crippen molar-refractivity contribution in [2.45, 2.75) is 77.8 Å². The Morgan fingerprint density at radius 1 is 0.500 bits per heavy atom. The van der Waals surface area contributed by atoms with Gasteiger partial charge in [0, 0.05) is 45.8 Å². The van der Waals surface area contributed by atoms with Crippen LogP contribution in [0.25, 0.3) is 0 Å². The Kier molecular flexibility index (Phi) is 14.2. The molecule has 234 valence electrons. The number of benzene rings is 4. The van der Waals surface area contributed by atoms with Gasteiger partial charge in [0.05, 0.1) is 0 Å². The molecule has 4 aromatic carbocycles. The van der Waals surface area contributed by atoms with Gasteiger partial charge in [0.1, 0.15) is 11.2 Å². The third kappa shape index (κ3) is 9.23. The van der Waals surface area contributed by atoms with Gasteiger partial charge in [0.15, 0.2) is 0 Å². The van der Waals surface area contributed by atoms with Crippen LogP contribution in [0.1, 0.15) is 76.6 Å². The van der Waals surface area contributed by atoms with Gasteiger partial charge < -0.3 is 20.4 Å². The van der Waals surface area contributed by atoms with E-state index in [0.717, 1.165) is 35.1 Å². The number of aliphatic hydroxyl groups is 4. The maximum atomic E-state index is 12.8. The summed E-state index contributed by atoms with van der Waals surface area (Å²) in [5.74, 6) is -0.430. The molecule has 0 spiro atoms. The van der Waals surface area contributed by atoms with Crippen LogP contribution in [0.15, 0.2) is 121 Å². The van der Waals surface area contributed by atoms with Crippen LogP contribution in [-0.2, 0) is 32.9 Å². The van der Waals surface area contributed by atoms with Gasteiger partial charge in [-0.25, -0.2) is 0 Å². The van der Waals surface area contributed by atoms with Crippen LogP contribution >= 0.6 is 0 Å². The molecule has 0 aromatic heterocycles. The first-order valence-corrected chi connectivity index (χ1v) is 15.4. The molecule has 5 rings (SSSR count). The number of hydrogen-bond donors (Lipinski definition) is 4. The van der Waals surface area contributed by atoms with Crippen molar-refractivity contribution in [2.24, 2.45) is 17.3 Å². The molecule has 5 heteroatoms. The summed E-state index contributed by atoms with van der Waals surface area (Å²) in [6.07, 6.45) is 1.25. The first kappa shape index (κ1) is 37.6. The van der Waals surface area contributed by atoms with E-state index in [-0.39, 0.29) is 51.2 Å². The summed E-state index contributed by atoms with van der Waals surface area (Å²) < 4.78 is 0. The molecule has 2 atom stereocenters. The third-order valence-corrected chi connectivity index (χ3v) is 7.96. The van der Waals surface area contributed by atoms with E-state index in [1.165, 1.54) is 0 Å². The molecule has 0 bridgehead atoms. The molecule has 0 aliphatic heterocycles. The van der Waals surface area contributed by atoms with E-state index in [1.54, 1.807) is 27.7 Å². The second-order valence-electron chi connectivity index (χ2n) is 13.0. The zero-order valence-corrected chi connectivity index (χ0v) is 28.6. The van der Waals surface area contributed by atoms with E-state index in [0.29, 0.717) is 0 Å². The Balaban J connectivity index is 0.000000672. The van der Waals surface area contributed by atoms with Crippen LogP contribution in [0.3, 0.4) is 0 Å². The van der Waals surface area contributed by atoms with Crippen molar-refractivity contribution < 1.29 is 42.1 Å². The minimum Gasteiger partial charge on any atom is -0.394 e. The topological polar surface area (TPSA) is 80.9 Å². The largest absolute Gasteiger partial charge is 0.394 e. The Labute approximate surface area is 279 Å². The van der Waals surface area contributed by atoms with E-state index >= 15 is 0 Å². The summed E-state index contributed by atoms with van der Waals surface area (Å²) in [4.78, 5) is 0. The van der Waals surface area contributed by atoms with Crippen molar-refractivity contribution in [3.63, 3.8) is 0 Å². The van der Waals surface area contributed by atoms with E-state index < -0.39 is 11.2 Å². The fourth-order valence-corrected chi connectivity index (χ4v) is 6.39. The second kappa shape index (κ2) is 16.7. The predicted molar refractivity (Wildman–Crippen MR) is 176 cm³/mol. The van der Waals surface area contributed by atoms with Crippen LogP contribution in [0.2, 0.25) is 0 Å². The molecule has 0 heterocycles. The van der Waals surface area contributed by atoms with Gasteiger partial charge in [-0.2, -0.15) is 0 Å². The van der Waals surface area contributed by atoms with E-state index in [2.05, 4.69) is 13.8 Å². The maximum absolute atomic E-state index is 12.8. The molecule has 1 fully saturated rings. The average Bonchev–Trinajstić information content (AvgIpc) is 3.33. The fourth-order valence-electron chi connectivity index (χ4n) is 6.39. The quantitative estimate of drug-likeness (QED) is 0.165. The zero-order valence-electron chi connectivity index (χ0n) is 27.1. The summed E-state index contributed by atoms with van der Waals surface area (Å²) >= 11 is 0. The molecule has 0 unspecified atom stereocenters. The Hall–Kier alpha value is -2.57. The molecule has 0 saturated heterocycles. The summed E-state index contributed by atoms with van der Waals surface area (Å²) in [6.45, 7) is 11.4. The first-order valence-electron chi connectivity index (χ1n) is 15.4. The van der Waals surface area contributed by atoms with Crippen LogP contribution in [-0.4, -0.2) is 32.6 Å². The standard InChI is InChI=1S/C33H34O2.2C3H8O.Ti/c1-31(2)23-29(32(34,25-15-7-3-8-16-25)26-17-9-4-10-18-26)30(24-31)33(35,27-19-11-5-12-20-27)28-21-13-6-14-22-28;2*1-3(2)4;/h3-22,29-30,34-35H,23-24H2,1-2H3;2*3-4H,1-2H3;/t29-,30-;;;/m1.../s1. The predicted octanol–water partition coefficient (Wildman–Crippen LogP) is 7.68. The summed E-state index contributed by atoms with van der Waals surface area (Å²) in [7, 11) is 0. The van der Waals surface area contributed by atoms with Gasteiger partial charge >= 0.3 is 0 Å². The van der Waals surface area contributed by atoms with Crippen molar-refractivity contribution in [1.82, 2.24) is 0 Å². The van der Waals surface area contributed by atoms with Gasteiger partial charge in [-0.05, 0) is 68.2 Å². The van der Waals surface area contributed by atoms with Crippen molar-refractivity contribution in [3.05, 3.63) is 144 Å². The molecular formula is C39H50O4Ti. The zero-order chi connectivity index (χ0) is 31.7. The minimum atomic E-state index is -1.25. The minimum absolute atomic E-state index is 0. The second-order valence-corrected chi connectivity index (χ2v) is 13.0. The van der Waals surface area contributed by atoms with Crippen molar-refractivity contribution in [1.29, 1.82) is 0 Å². The van der Waals surface area contributed by atoms with Gasteiger partial charge in [0.2, 0.25) is 0 Å². The summed E-state index contributed by atoms with van der Waals surface area (Å²) in [5.41, 5.74) is 0.899. The normalized spacial score (nSPS) is 17.5.